The zero-order valence-corrected chi connectivity index (χ0v) is 10.3. The summed E-state index contributed by atoms with van der Waals surface area (Å²) < 4.78 is 10.5. The average molecular weight is 254 g/mol. The molecule has 90 valence electrons. The first-order valence-electron chi connectivity index (χ1n) is 5.22. The fourth-order valence-corrected chi connectivity index (χ4v) is 1.27. The number of hydrogen-bond donors (Lipinski definition) is 0. The van der Waals surface area contributed by atoms with Gasteiger partial charge in [-0.15, -0.1) is 0 Å². The average Bonchev–Trinajstić information content (AvgIpc) is 2.77. The van der Waals surface area contributed by atoms with Gasteiger partial charge in [0.05, 0.1) is 6.20 Å². The van der Waals surface area contributed by atoms with Crippen molar-refractivity contribution in [3.05, 3.63) is 35.2 Å². The summed E-state index contributed by atoms with van der Waals surface area (Å²) in [4.78, 5) is 8.09. The zero-order valence-electron chi connectivity index (χ0n) is 9.55. The SMILES string of the molecule is CC(C)c1noc(COc2ccc(Cl)nc2)n1. The minimum atomic E-state index is 0.225. The smallest absolute Gasteiger partial charge is 0.264 e. The Bertz CT molecular complexity index is 482. The molecule has 6 heteroatoms. The van der Waals surface area contributed by atoms with Gasteiger partial charge in [0.1, 0.15) is 10.9 Å². The highest BCUT2D eigenvalue weighted by atomic mass is 35.5. The predicted molar refractivity (Wildman–Crippen MR) is 62.0 cm³/mol. The molecule has 2 aromatic rings. The third kappa shape index (κ3) is 3.17. The maximum absolute atomic E-state index is 5.66. The van der Waals surface area contributed by atoms with Crippen LogP contribution in [0.15, 0.2) is 22.9 Å². The van der Waals surface area contributed by atoms with E-state index < -0.39 is 0 Å². The van der Waals surface area contributed by atoms with E-state index in [9.17, 15) is 0 Å². The Morgan fingerprint density at radius 1 is 1.41 bits per heavy atom. The quantitative estimate of drug-likeness (QED) is 0.784. The van der Waals surface area contributed by atoms with Gasteiger partial charge in [-0.3, -0.25) is 0 Å². The number of pyridine rings is 1. The van der Waals surface area contributed by atoms with Crippen LogP contribution >= 0.6 is 11.6 Å². The summed E-state index contributed by atoms with van der Waals surface area (Å²) in [5, 5.41) is 4.27. The topological polar surface area (TPSA) is 61.0 Å². The van der Waals surface area contributed by atoms with Crippen molar-refractivity contribution in [1.29, 1.82) is 0 Å². The van der Waals surface area contributed by atoms with E-state index in [-0.39, 0.29) is 12.5 Å². The number of nitrogens with zero attached hydrogens (tertiary/aromatic N) is 3. The molecule has 0 spiro atoms. The normalized spacial score (nSPS) is 10.8. The van der Waals surface area contributed by atoms with E-state index in [1.807, 2.05) is 13.8 Å². The van der Waals surface area contributed by atoms with Crippen molar-refractivity contribution in [2.45, 2.75) is 26.4 Å². The summed E-state index contributed by atoms with van der Waals surface area (Å²) in [7, 11) is 0. The van der Waals surface area contributed by atoms with Crippen LogP contribution in [0.3, 0.4) is 0 Å². The predicted octanol–water partition coefficient (Wildman–Crippen LogP) is 2.82. The van der Waals surface area contributed by atoms with Crippen LogP contribution in [-0.4, -0.2) is 15.1 Å². The van der Waals surface area contributed by atoms with E-state index >= 15 is 0 Å². The molecular weight excluding hydrogens is 242 g/mol. The maximum atomic E-state index is 5.66. The van der Waals surface area contributed by atoms with Crippen molar-refractivity contribution in [3.63, 3.8) is 0 Å². The molecule has 2 rings (SSSR count). The third-order valence-corrected chi connectivity index (χ3v) is 2.29. The molecule has 0 aliphatic heterocycles. The van der Waals surface area contributed by atoms with Crippen LogP contribution in [-0.2, 0) is 6.61 Å². The summed E-state index contributed by atoms with van der Waals surface area (Å²) in [5.41, 5.74) is 0. The van der Waals surface area contributed by atoms with Gasteiger partial charge in [0, 0.05) is 5.92 Å². The largest absolute Gasteiger partial charge is 0.482 e. The van der Waals surface area contributed by atoms with E-state index in [4.69, 9.17) is 20.9 Å². The molecule has 0 radical (unpaired) electrons. The molecule has 0 N–H and O–H groups in total. The number of rotatable bonds is 4. The lowest BCUT2D eigenvalue weighted by Crippen LogP contribution is -1.97. The Balaban J connectivity index is 1.95. The van der Waals surface area contributed by atoms with Crippen LogP contribution in [0.4, 0.5) is 0 Å². The molecule has 5 nitrogen and oxygen atoms in total. The lowest BCUT2D eigenvalue weighted by atomic mass is 10.2. The van der Waals surface area contributed by atoms with Crippen LogP contribution in [0.1, 0.15) is 31.5 Å². The van der Waals surface area contributed by atoms with E-state index in [1.165, 1.54) is 0 Å². The summed E-state index contributed by atoms with van der Waals surface area (Å²) in [6.45, 7) is 4.22. The Kier molecular flexibility index (Phi) is 3.58. The lowest BCUT2D eigenvalue weighted by molar-refractivity contribution is 0.241. The van der Waals surface area contributed by atoms with Gasteiger partial charge in [0.2, 0.25) is 0 Å². The third-order valence-electron chi connectivity index (χ3n) is 2.06. The number of halogens is 1. The van der Waals surface area contributed by atoms with Gasteiger partial charge in [-0.1, -0.05) is 30.6 Å². The molecule has 2 heterocycles. The molecule has 0 aromatic carbocycles. The Labute approximate surface area is 104 Å². The summed E-state index contributed by atoms with van der Waals surface area (Å²) in [6, 6.07) is 3.39. The standard InChI is InChI=1S/C11H12ClN3O2/c1-7(2)11-14-10(17-15-11)6-16-8-3-4-9(12)13-5-8/h3-5,7H,6H2,1-2H3. The monoisotopic (exact) mass is 253 g/mol. The number of ether oxygens (including phenoxy) is 1. The Hall–Kier alpha value is -1.62. The molecule has 0 unspecified atom stereocenters. The highest BCUT2D eigenvalue weighted by Gasteiger charge is 2.09. The highest BCUT2D eigenvalue weighted by Crippen LogP contribution is 2.14. The Morgan fingerprint density at radius 2 is 2.24 bits per heavy atom. The van der Waals surface area contributed by atoms with Crippen LogP contribution in [0, 0.1) is 0 Å². The highest BCUT2D eigenvalue weighted by molar-refractivity contribution is 6.29. The van der Waals surface area contributed by atoms with Gasteiger partial charge in [-0.2, -0.15) is 4.98 Å². The molecule has 0 saturated carbocycles. The fourth-order valence-electron chi connectivity index (χ4n) is 1.15. The molecule has 0 aliphatic rings. The number of aromatic nitrogens is 3. The molecule has 0 aliphatic carbocycles. The molecular formula is C11H12ClN3O2. The van der Waals surface area contributed by atoms with Crippen LogP contribution < -0.4 is 4.74 Å². The van der Waals surface area contributed by atoms with Crippen LogP contribution in [0.25, 0.3) is 0 Å². The van der Waals surface area contributed by atoms with Gasteiger partial charge >= 0.3 is 0 Å². The first-order chi connectivity index (χ1) is 8.15. The molecule has 0 fully saturated rings. The summed E-state index contributed by atoms with van der Waals surface area (Å²) in [6.07, 6.45) is 1.54. The van der Waals surface area contributed by atoms with Crippen LogP contribution in [0.5, 0.6) is 5.75 Å². The van der Waals surface area contributed by atoms with E-state index in [0.29, 0.717) is 22.6 Å². The minimum Gasteiger partial charge on any atom is -0.482 e. The van der Waals surface area contributed by atoms with Gasteiger partial charge in [0.25, 0.3) is 5.89 Å². The summed E-state index contributed by atoms with van der Waals surface area (Å²) >= 11 is 5.66. The maximum Gasteiger partial charge on any atom is 0.264 e. The molecule has 17 heavy (non-hydrogen) atoms. The fraction of sp³-hybridized carbons (Fsp3) is 0.364. The van der Waals surface area contributed by atoms with Crippen molar-refractivity contribution in [1.82, 2.24) is 15.1 Å². The second-order valence-corrected chi connectivity index (χ2v) is 4.19. The molecule has 0 atom stereocenters. The first kappa shape index (κ1) is 11.9. The van der Waals surface area contributed by atoms with E-state index in [2.05, 4.69) is 15.1 Å². The molecule has 0 saturated heterocycles. The van der Waals surface area contributed by atoms with Crippen LogP contribution in [0.2, 0.25) is 5.15 Å². The summed E-state index contributed by atoms with van der Waals surface area (Å²) in [5.74, 6) is 1.98. The molecule has 0 amide bonds. The minimum absolute atomic E-state index is 0.225. The van der Waals surface area contributed by atoms with Gasteiger partial charge < -0.3 is 9.26 Å². The van der Waals surface area contributed by atoms with Crippen molar-refractivity contribution in [3.8, 4) is 5.75 Å². The van der Waals surface area contributed by atoms with E-state index in [1.54, 1.807) is 18.3 Å². The zero-order chi connectivity index (χ0) is 12.3. The van der Waals surface area contributed by atoms with Crippen molar-refractivity contribution in [2.75, 3.05) is 0 Å². The molecule has 0 bridgehead atoms. The first-order valence-corrected chi connectivity index (χ1v) is 5.60. The second kappa shape index (κ2) is 5.14. The van der Waals surface area contributed by atoms with Crippen molar-refractivity contribution >= 4 is 11.6 Å². The second-order valence-electron chi connectivity index (χ2n) is 3.81. The van der Waals surface area contributed by atoms with Gasteiger partial charge in [-0.25, -0.2) is 4.98 Å². The lowest BCUT2D eigenvalue weighted by Gasteiger charge is -2.01. The van der Waals surface area contributed by atoms with Crippen molar-refractivity contribution < 1.29 is 9.26 Å². The van der Waals surface area contributed by atoms with Gasteiger partial charge in [-0.05, 0) is 12.1 Å². The Morgan fingerprint density at radius 3 is 2.82 bits per heavy atom. The van der Waals surface area contributed by atoms with Gasteiger partial charge in [0.15, 0.2) is 12.4 Å². The number of hydrogen-bond acceptors (Lipinski definition) is 5. The van der Waals surface area contributed by atoms with Crippen molar-refractivity contribution in [2.24, 2.45) is 0 Å². The van der Waals surface area contributed by atoms with E-state index in [0.717, 1.165) is 0 Å². The molecule has 2 aromatic heterocycles.